The van der Waals surface area contributed by atoms with Gasteiger partial charge in [0.15, 0.2) is 5.13 Å². The number of methoxy groups -OCH3 is 1. The average molecular weight is 494 g/mol. The Labute approximate surface area is 197 Å². The molecule has 1 N–H and O–H groups in total. The van der Waals surface area contributed by atoms with Crippen molar-refractivity contribution in [3.63, 3.8) is 0 Å². The van der Waals surface area contributed by atoms with Crippen LogP contribution >= 0.6 is 22.9 Å². The molecule has 2 aromatic carbocycles. The molecule has 0 aliphatic carbocycles. The lowest BCUT2D eigenvalue weighted by Gasteiger charge is -2.32. The number of benzene rings is 2. The molecule has 0 spiro atoms. The van der Waals surface area contributed by atoms with Crippen LogP contribution in [0.4, 0.5) is 5.13 Å². The van der Waals surface area contributed by atoms with Gasteiger partial charge in [-0.25, -0.2) is 13.4 Å². The first-order chi connectivity index (χ1) is 15.4. The van der Waals surface area contributed by atoms with Crippen LogP contribution in [0, 0.1) is 0 Å². The SMILES string of the molecule is COc1cccc(CN2CCC(Oc3ccc(S(=O)(=O)Nc4nccs4)cc3Cl)CC2)c1. The molecule has 1 aliphatic heterocycles. The van der Waals surface area contributed by atoms with Gasteiger partial charge in [0, 0.05) is 31.2 Å². The molecule has 0 unspecified atom stereocenters. The first kappa shape index (κ1) is 22.8. The van der Waals surface area contributed by atoms with E-state index in [0.717, 1.165) is 38.2 Å². The Bertz CT molecular complexity index is 1150. The number of halogens is 1. The van der Waals surface area contributed by atoms with E-state index >= 15 is 0 Å². The lowest BCUT2D eigenvalue weighted by Crippen LogP contribution is -2.37. The van der Waals surface area contributed by atoms with E-state index in [0.29, 0.717) is 10.9 Å². The summed E-state index contributed by atoms with van der Waals surface area (Å²) in [5.41, 5.74) is 1.22. The van der Waals surface area contributed by atoms with Crippen LogP contribution in [0.15, 0.2) is 58.9 Å². The summed E-state index contributed by atoms with van der Waals surface area (Å²) >= 11 is 7.56. The van der Waals surface area contributed by atoms with E-state index in [1.807, 2.05) is 12.1 Å². The van der Waals surface area contributed by atoms with Crippen LogP contribution in [0.3, 0.4) is 0 Å². The number of aromatic nitrogens is 1. The zero-order chi connectivity index (χ0) is 22.6. The van der Waals surface area contributed by atoms with Crippen molar-refractivity contribution in [2.24, 2.45) is 0 Å². The van der Waals surface area contributed by atoms with Gasteiger partial charge in [0.1, 0.15) is 17.6 Å². The number of piperidine rings is 1. The fourth-order valence-corrected chi connectivity index (χ4v) is 5.69. The summed E-state index contributed by atoms with van der Waals surface area (Å²) < 4.78 is 38.9. The second-order valence-corrected chi connectivity index (χ2v) is 10.5. The highest BCUT2D eigenvalue weighted by Crippen LogP contribution is 2.31. The smallest absolute Gasteiger partial charge is 0.263 e. The summed E-state index contributed by atoms with van der Waals surface area (Å²) in [5, 5.41) is 2.28. The fourth-order valence-electron chi connectivity index (χ4n) is 3.59. The number of likely N-dealkylation sites (tertiary alicyclic amines) is 1. The average Bonchev–Trinajstić information content (AvgIpc) is 3.29. The van der Waals surface area contributed by atoms with Gasteiger partial charge in [-0.05, 0) is 48.7 Å². The molecule has 170 valence electrons. The number of hydrogen-bond donors (Lipinski definition) is 1. The van der Waals surface area contributed by atoms with Crippen LogP contribution < -0.4 is 14.2 Å². The summed E-state index contributed by atoms with van der Waals surface area (Å²) in [4.78, 5) is 6.40. The molecule has 4 rings (SSSR count). The number of hydrogen-bond acceptors (Lipinski definition) is 7. The zero-order valence-electron chi connectivity index (χ0n) is 17.5. The van der Waals surface area contributed by atoms with Crippen LogP contribution in [0.1, 0.15) is 18.4 Å². The van der Waals surface area contributed by atoms with E-state index < -0.39 is 10.0 Å². The summed E-state index contributed by atoms with van der Waals surface area (Å²) in [7, 11) is -2.08. The highest BCUT2D eigenvalue weighted by molar-refractivity contribution is 7.93. The first-order valence-electron chi connectivity index (χ1n) is 10.2. The third kappa shape index (κ3) is 5.72. The van der Waals surface area contributed by atoms with Crippen LogP contribution in [0.25, 0.3) is 0 Å². The Balaban J connectivity index is 1.33. The molecule has 0 bridgehead atoms. The molecule has 1 aliphatic rings. The number of thiazole rings is 1. The normalized spacial score (nSPS) is 15.4. The van der Waals surface area contributed by atoms with Crippen LogP contribution in [-0.4, -0.2) is 44.6 Å². The van der Waals surface area contributed by atoms with Gasteiger partial charge >= 0.3 is 0 Å². The molecule has 7 nitrogen and oxygen atoms in total. The summed E-state index contributed by atoms with van der Waals surface area (Å²) in [6, 6.07) is 12.6. The maximum Gasteiger partial charge on any atom is 0.263 e. The molecular formula is C22H24ClN3O4S2. The topological polar surface area (TPSA) is 80.8 Å². The van der Waals surface area contributed by atoms with Crippen molar-refractivity contribution in [1.29, 1.82) is 0 Å². The third-order valence-electron chi connectivity index (χ3n) is 5.24. The van der Waals surface area contributed by atoms with Gasteiger partial charge in [-0.1, -0.05) is 23.7 Å². The van der Waals surface area contributed by atoms with Gasteiger partial charge in [-0.3, -0.25) is 9.62 Å². The van der Waals surface area contributed by atoms with Crippen molar-refractivity contribution >= 4 is 38.1 Å². The van der Waals surface area contributed by atoms with Gasteiger partial charge in [-0.15, -0.1) is 11.3 Å². The van der Waals surface area contributed by atoms with Crippen molar-refractivity contribution in [3.8, 4) is 11.5 Å². The Morgan fingerprint density at radius 3 is 2.72 bits per heavy atom. The van der Waals surface area contributed by atoms with Crippen LogP contribution in [0.5, 0.6) is 11.5 Å². The van der Waals surface area contributed by atoms with E-state index in [-0.39, 0.29) is 16.0 Å². The molecule has 1 saturated heterocycles. The predicted octanol–water partition coefficient (Wildman–Crippen LogP) is 4.65. The molecule has 0 radical (unpaired) electrons. The van der Waals surface area contributed by atoms with E-state index in [4.69, 9.17) is 21.1 Å². The number of anilines is 1. The van der Waals surface area contributed by atoms with Crippen LogP contribution in [-0.2, 0) is 16.6 Å². The van der Waals surface area contributed by atoms with Gasteiger partial charge in [0.25, 0.3) is 10.0 Å². The van der Waals surface area contributed by atoms with Gasteiger partial charge < -0.3 is 9.47 Å². The van der Waals surface area contributed by atoms with Crippen molar-refractivity contribution < 1.29 is 17.9 Å². The largest absolute Gasteiger partial charge is 0.497 e. The number of nitrogens with one attached hydrogen (secondary N) is 1. The third-order valence-corrected chi connectivity index (χ3v) is 7.69. The number of ether oxygens (including phenoxy) is 2. The first-order valence-corrected chi connectivity index (χ1v) is 12.9. The highest BCUT2D eigenvalue weighted by Gasteiger charge is 2.23. The summed E-state index contributed by atoms with van der Waals surface area (Å²) in [6.45, 7) is 2.68. The molecular weight excluding hydrogens is 470 g/mol. The summed E-state index contributed by atoms with van der Waals surface area (Å²) in [6.07, 6.45) is 3.30. The molecule has 0 amide bonds. The lowest BCUT2D eigenvalue weighted by molar-refractivity contribution is 0.0968. The van der Waals surface area contributed by atoms with Crippen LogP contribution in [0.2, 0.25) is 5.02 Å². The molecule has 1 aromatic heterocycles. The standard InChI is InChI=1S/C22H24ClN3O4S2/c1-29-18-4-2-3-16(13-18)15-26-10-7-17(8-11-26)30-21-6-5-19(14-20(21)23)32(27,28)25-22-24-9-12-31-22/h2-6,9,12-14,17H,7-8,10-11,15H2,1H3,(H,24,25). The maximum atomic E-state index is 12.5. The van der Waals surface area contributed by atoms with E-state index in [1.165, 1.54) is 35.2 Å². The van der Waals surface area contributed by atoms with E-state index in [9.17, 15) is 8.42 Å². The minimum Gasteiger partial charge on any atom is -0.497 e. The predicted molar refractivity (Wildman–Crippen MR) is 126 cm³/mol. The van der Waals surface area contributed by atoms with Crippen molar-refractivity contribution in [1.82, 2.24) is 9.88 Å². The zero-order valence-corrected chi connectivity index (χ0v) is 19.9. The monoisotopic (exact) mass is 493 g/mol. The minimum absolute atomic E-state index is 0.0324. The minimum atomic E-state index is -3.76. The summed E-state index contributed by atoms with van der Waals surface area (Å²) in [5.74, 6) is 1.36. The Morgan fingerprint density at radius 2 is 2.03 bits per heavy atom. The number of nitrogens with zero attached hydrogens (tertiary/aromatic N) is 2. The molecule has 32 heavy (non-hydrogen) atoms. The second kappa shape index (κ2) is 10.1. The highest BCUT2D eigenvalue weighted by atomic mass is 35.5. The molecule has 0 atom stereocenters. The van der Waals surface area contributed by atoms with Crippen molar-refractivity contribution in [3.05, 3.63) is 64.6 Å². The van der Waals surface area contributed by atoms with E-state index in [1.54, 1.807) is 18.6 Å². The fraction of sp³-hybridized carbons (Fsp3) is 0.318. The van der Waals surface area contributed by atoms with Crippen molar-refractivity contribution in [2.45, 2.75) is 30.4 Å². The Morgan fingerprint density at radius 1 is 1.22 bits per heavy atom. The number of sulfonamides is 1. The Kier molecular flexibility index (Phi) is 7.20. The Hall–Kier alpha value is -2.33. The molecule has 0 saturated carbocycles. The van der Waals surface area contributed by atoms with E-state index in [2.05, 4.69) is 26.7 Å². The van der Waals surface area contributed by atoms with Gasteiger partial charge in [0.05, 0.1) is 17.0 Å². The van der Waals surface area contributed by atoms with Gasteiger partial charge in [0.2, 0.25) is 0 Å². The van der Waals surface area contributed by atoms with Crippen molar-refractivity contribution in [2.75, 3.05) is 24.9 Å². The van der Waals surface area contributed by atoms with Gasteiger partial charge in [-0.2, -0.15) is 0 Å². The molecule has 2 heterocycles. The second-order valence-electron chi connectivity index (χ2n) is 7.48. The number of rotatable bonds is 8. The quantitative estimate of drug-likeness (QED) is 0.492. The lowest BCUT2D eigenvalue weighted by atomic mass is 10.1. The molecule has 10 heteroatoms. The molecule has 1 fully saturated rings. The maximum absolute atomic E-state index is 12.5. The molecule has 3 aromatic rings.